The Balaban J connectivity index is 1.82. The van der Waals surface area contributed by atoms with Crippen LogP contribution in [0.5, 0.6) is 0 Å². The van der Waals surface area contributed by atoms with Gasteiger partial charge in [0, 0.05) is 6.42 Å². The normalized spacial score (nSPS) is 11.1. The Kier molecular flexibility index (Phi) is 15.5. The predicted octanol–water partition coefficient (Wildman–Crippen LogP) is 7.42. The molecule has 0 bridgehead atoms. The standard InChI is InChI=1S/C25H40O2/c1-2-3-4-5-6-7-8-9-10-11-12-13-17-22-25(26)27-23-18-21-24-19-15-14-16-20-24/h7-8,14-16,19-20H,2-6,9-13,17-18,21-23H2,1H3/b8-7-. The number of benzene rings is 1. The maximum absolute atomic E-state index is 11.7. The van der Waals surface area contributed by atoms with Crippen molar-refractivity contribution >= 4 is 5.97 Å². The minimum Gasteiger partial charge on any atom is -0.466 e. The molecule has 0 aromatic heterocycles. The van der Waals surface area contributed by atoms with Gasteiger partial charge in [-0.25, -0.2) is 0 Å². The van der Waals surface area contributed by atoms with Crippen LogP contribution >= 0.6 is 0 Å². The van der Waals surface area contributed by atoms with E-state index in [2.05, 4.69) is 31.2 Å². The molecule has 0 aliphatic carbocycles. The van der Waals surface area contributed by atoms with E-state index in [1.165, 1.54) is 63.4 Å². The van der Waals surface area contributed by atoms with E-state index < -0.39 is 0 Å². The first-order valence-corrected chi connectivity index (χ1v) is 11.2. The van der Waals surface area contributed by atoms with Gasteiger partial charge in [-0.3, -0.25) is 4.79 Å². The highest BCUT2D eigenvalue weighted by Gasteiger charge is 2.02. The molecule has 152 valence electrons. The van der Waals surface area contributed by atoms with Gasteiger partial charge in [0.1, 0.15) is 0 Å². The lowest BCUT2D eigenvalue weighted by atomic mass is 10.1. The summed E-state index contributed by atoms with van der Waals surface area (Å²) in [5, 5.41) is 0. The van der Waals surface area contributed by atoms with Gasteiger partial charge in [0.25, 0.3) is 0 Å². The Bertz CT molecular complexity index is 478. The lowest BCUT2D eigenvalue weighted by molar-refractivity contribution is -0.143. The number of hydrogen-bond donors (Lipinski definition) is 0. The number of rotatable bonds is 17. The van der Waals surface area contributed by atoms with Crippen molar-refractivity contribution in [1.82, 2.24) is 0 Å². The van der Waals surface area contributed by atoms with Gasteiger partial charge in [0.15, 0.2) is 0 Å². The molecule has 1 aromatic rings. The van der Waals surface area contributed by atoms with E-state index in [9.17, 15) is 4.79 Å². The lowest BCUT2D eigenvalue weighted by Crippen LogP contribution is -2.06. The fraction of sp³-hybridized carbons (Fsp3) is 0.640. The van der Waals surface area contributed by atoms with Gasteiger partial charge < -0.3 is 4.74 Å². The molecule has 0 saturated heterocycles. The van der Waals surface area contributed by atoms with Crippen molar-refractivity contribution in [2.24, 2.45) is 0 Å². The molecule has 0 saturated carbocycles. The highest BCUT2D eigenvalue weighted by atomic mass is 16.5. The zero-order chi connectivity index (χ0) is 19.4. The predicted molar refractivity (Wildman–Crippen MR) is 116 cm³/mol. The zero-order valence-electron chi connectivity index (χ0n) is 17.5. The average molecular weight is 373 g/mol. The van der Waals surface area contributed by atoms with Crippen molar-refractivity contribution in [2.45, 2.75) is 96.8 Å². The molecule has 0 spiro atoms. The lowest BCUT2D eigenvalue weighted by Gasteiger charge is -2.05. The van der Waals surface area contributed by atoms with Crippen molar-refractivity contribution in [3.63, 3.8) is 0 Å². The van der Waals surface area contributed by atoms with Crippen LogP contribution in [0.3, 0.4) is 0 Å². The van der Waals surface area contributed by atoms with Gasteiger partial charge in [-0.15, -0.1) is 0 Å². The summed E-state index contributed by atoms with van der Waals surface area (Å²) in [6, 6.07) is 10.4. The molecule has 0 aliphatic rings. The molecule has 0 heterocycles. The number of carbonyl (C=O) groups is 1. The third-order valence-electron chi connectivity index (χ3n) is 4.86. The van der Waals surface area contributed by atoms with Gasteiger partial charge in [0.2, 0.25) is 0 Å². The third kappa shape index (κ3) is 15.2. The first-order valence-electron chi connectivity index (χ1n) is 11.2. The molecule has 0 aliphatic heterocycles. The molecule has 1 rings (SSSR count). The van der Waals surface area contributed by atoms with E-state index in [-0.39, 0.29) is 5.97 Å². The Labute approximate surface area is 167 Å². The van der Waals surface area contributed by atoms with E-state index in [1.807, 2.05) is 18.2 Å². The van der Waals surface area contributed by atoms with Gasteiger partial charge in [-0.2, -0.15) is 0 Å². The molecule has 0 atom stereocenters. The first-order chi connectivity index (χ1) is 13.3. The molecule has 0 radical (unpaired) electrons. The van der Waals surface area contributed by atoms with Crippen LogP contribution < -0.4 is 0 Å². The van der Waals surface area contributed by atoms with Crippen LogP contribution in [0.15, 0.2) is 42.5 Å². The van der Waals surface area contributed by atoms with Gasteiger partial charge in [0.05, 0.1) is 6.61 Å². The number of ether oxygens (including phenoxy) is 1. The Morgan fingerprint density at radius 3 is 2.15 bits per heavy atom. The highest BCUT2D eigenvalue weighted by Crippen LogP contribution is 2.10. The first kappa shape index (κ1) is 23.5. The fourth-order valence-electron chi connectivity index (χ4n) is 3.17. The molecular weight excluding hydrogens is 332 g/mol. The molecule has 0 N–H and O–H groups in total. The van der Waals surface area contributed by atoms with Crippen LogP contribution in [0.25, 0.3) is 0 Å². The quantitative estimate of drug-likeness (QED) is 0.161. The van der Waals surface area contributed by atoms with Crippen molar-refractivity contribution < 1.29 is 9.53 Å². The van der Waals surface area contributed by atoms with Crippen molar-refractivity contribution in [1.29, 1.82) is 0 Å². The zero-order valence-corrected chi connectivity index (χ0v) is 17.5. The van der Waals surface area contributed by atoms with E-state index in [1.54, 1.807) is 0 Å². The second-order valence-corrected chi connectivity index (χ2v) is 7.44. The summed E-state index contributed by atoms with van der Waals surface area (Å²) in [5.74, 6) is -0.0333. The fourth-order valence-corrected chi connectivity index (χ4v) is 3.17. The summed E-state index contributed by atoms with van der Waals surface area (Å²) in [6.45, 7) is 2.80. The molecule has 0 fully saturated rings. The average Bonchev–Trinajstić information content (AvgIpc) is 2.69. The van der Waals surface area contributed by atoms with Crippen LogP contribution in [0.2, 0.25) is 0 Å². The summed E-state index contributed by atoms with van der Waals surface area (Å²) in [5.41, 5.74) is 1.31. The third-order valence-corrected chi connectivity index (χ3v) is 4.86. The number of allylic oxidation sites excluding steroid dienone is 2. The van der Waals surface area contributed by atoms with Crippen LogP contribution in [-0.4, -0.2) is 12.6 Å². The summed E-state index contributed by atoms with van der Waals surface area (Å²) in [6.07, 6.45) is 20.9. The molecule has 0 unspecified atom stereocenters. The molecular formula is C25H40O2. The Morgan fingerprint density at radius 2 is 1.44 bits per heavy atom. The molecule has 1 aromatic carbocycles. The summed E-state index contributed by atoms with van der Waals surface area (Å²) >= 11 is 0. The number of esters is 1. The largest absolute Gasteiger partial charge is 0.466 e. The topological polar surface area (TPSA) is 26.3 Å². The van der Waals surface area contributed by atoms with Gasteiger partial charge in [-0.05, 0) is 50.5 Å². The smallest absolute Gasteiger partial charge is 0.305 e. The summed E-state index contributed by atoms with van der Waals surface area (Å²) < 4.78 is 5.32. The SMILES string of the molecule is CCCCCC/C=C\CCCCCCCC(=O)OCCCc1ccccc1. The summed E-state index contributed by atoms with van der Waals surface area (Å²) in [4.78, 5) is 11.7. The van der Waals surface area contributed by atoms with Crippen molar-refractivity contribution in [2.75, 3.05) is 6.61 Å². The maximum atomic E-state index is 11.7. The van der Waals surface area contributed by atoms with Gasteiger partial charge >= 0.3 is 5.97 Å². The van der Waals surface area contributed by atoms with E-state index in [0.717, 1.165) is 25.7 Å². The number of unbranched alkanes of at least 4 members (excludes halogenated alkanes) is 9. The number of carbonyl (C=O) groups excluding carboxylic acids is 1. The van der Waals surface area contributed by atoms with Crippen LogP contribution in [0.1, 0.15) is 96.0 Å². The monoisotopic (exact) mass is 372 g/mol. The van der Waals surface area contributed by atoms with E-state index in [4.69, 9.17) is 4.74 Å². The molecule has 2 nitrogen and oxygen atoms in total. The van der Waals surface area contributed by atoms with Gasteiger partial charge in [-0.1, -0.05) is 87.9 Å². The Morgan fingerprint density at radius 1 is 0.815 bits per heavy atom. The molecule has 0 amide bonds. The second-order valence-electron chi connectivity index (χ2n) is 7.44. The minimum absolute atomic E-state index is 0.0333. The summed E-state index contributed by atoms with van der Waals surface area (Å²) in [7, 11) is 0. The van der Waals surface area contributed by atoms with E-state index in [0.29, 0.717) is 13.0 Å². The Hall–Kier alpha value is -1.57. The molecule has 27 heavy (non-hydrogen) atoms. The highest BCUT2D eigenvalue weighted by molar-refractivity contribution is 5.69. The number of aryl methyl sites for hydroxylation is 1. The second kappa shape index (κ2) is 17.8. The minimum atomic E-state index is -0.0333. The maximum Gasteiger partial charge on any atom is 0.305 e. The van der Waals surface area contributed by atoms with Crippen molar-refractivity contribution in [3.05, 3.63) is 48.0 Å². The van der Waals surface area contributed by atoms with Crippen LogP contribution in [-0.2, 0) is 16.0 Å². The van der Waals surface area contributed by atoms with Crippen LogP contribution in [0, 0.1) is 0 Å². The van der Waals surface area contributed by atoms with Crippen molar-refractivity contribution in [3.8, 4) is 0 Å². The van der Waals surface area contributed by atoms with Crippen LogP contribution in [0.4, 0.5) is 0 Å². The molecule has 2 heteroatoms. The number of hydrogen-bond acceptors (Lipinski definition) is 2. The van der Waals surface area contributed by atoms with E-state index >= 15 is 0 Å².